The highest BCUT2D eigenvalue weighted by molar-refractivity contribution is 7.90. The molecule has 1 aliphatic rings. The molecule has 1 heterocycles. The predicted molar refractivity (Wildman–Crippen MR) is 104 cm³/mol. The highest BCUT2D eigenvalue weighted by Crippen LogP contribution is 2.31. The molecule has 138 valence electrons. The third-order valence-corrected chi connectivity index (χ3v) is 5.49. The summed E-state index contributed by atoms with van der Waals surface area (Å²) in [6.07, 6.45) is 4.47. The molecule has 1 aliphatic carbocycles. The molecule has 0 unspecified atom stereocenters. The molecule has 1 fully saturated rings. The van der Waals surface area contributed by atoms with Gasteiger partial charge in [0.1, 0.15) is 12.1 Å². The number of nitrogens with one attached hydrogen (secondary N) is 2. The third-order valence-electron chi connectivity index (χ3n) is 4.38. The number of hydrogen-bond donors (Lipinski definition) is 2. The largest absolute Gasteiger partial charge is 0.340 e. The fraction of sp³-hybridized carbons (Fsp3) is 0.211. The smallest absolute Gasteiger partial charge is 0.227 e. The molecule has 0 radical (unpaired) electrons. The van der Waals surface area contributed by atoms with Crippen LogP contribution in [0.5, 0.6) is 0 Å². The Morgan fingerprint density at radius 3 is 2.59 bits per heavy atom. The first-order valence-corrected chi connectivity index (χ1v) is 10.4. The van der Waals surface area contributed by atoms with Gasteiger partial charge in [-0.25, -0.2) is 18.4 Å². The van der Waals surface area contributed by atoms with Gasteiger partial charge >= 0.3 is 0 Å². The Bertz CT molecular complexity index is 1140. The van der Waals surface area contributed by atoms with Gasteiger partial charge in [0.2, 0.25) is 5.91 Å². The molecule has 0 spiro atoms. The van der Waals surface area contributed by atoms with Crippen molar-refractivity contribution in [2.24, 2.45) is 5.92 Å². The van der Waals surface area contributed by atoms with Crippen LogP contribution in [0, 0.1) is 5.92 Å². The summed E-state index contributed by atoms with van der Waals surface area (Å²) in [7, 11) is -3.34. The molecule has 2 aromatic carbocycles. The van der Waals surface area contributed by atoms with Gasteiger partial charge in [-0.3, -0.25) is 4.79 Å². The Hall–Kier alpha value is -3.00. The number of nitrogens with zero attached hydrogens (tertiary/aromatic N) is 2. The van der Waals surface area contributed by atoms with Gasteiger partial charge in [0, 0.05) is 28.9 Å². The van der Waals surface area contributed by atoms with Crippen LogP contribution in [0.25, 0.3) is 10.9 Å². The molecule has 7 nitrogen and oxygen atoms in total. The third kappa shape index (κ3) is 3.90. The molecule has 1 saturated carbocycles. The van der Waals surface area contributed by atoms with Gasteiger partial charge in [0.25, 0.3) is 0 Å². The van der Waals surface area contributed by atoms with Crippen LogP contribution in [-0.2, 0) is 14.6 Å². The number of carbonyl (C=O) groups is 1. The SMILES string of the molecule is CS(=O)(=O)c1ccc2ncnc(Nc3cccc(NC(=O)C4CC4)c3)c2c1. The van der Waals surface area contributed by atoms with Crippen molar-refractivity contribution in [2.45, 2.75) is 17.7 Å². The number of anilines is 3. The van der Waals surface area contributed by atoms with Gasteiger partial charge in [0.15, 0.2) is 9.84 Å². The molecular weight excluding hydrogens is 364 g/mol. The number of benzene rings is 2. The van der Waals surface area contributed by atoms with E-state index in [0.717, 1.165) is 24.8 Å². The second-order valence-electron chi connectivity index (χ2n) is 6.64. The quantitative estimate of drug-likeness (QED) is 0.703. The van der Waals surface area contributed by atoms with E-state index in [1.54, 1.807) is 12.1 Å². The van der Waals surface area contributed by atoms with Crippen molar-refractivity contribution in [3.05, 3.63) is 48.8 Å². The van der Waals surface area contributed by atoms with E-state index in [1.807, 2.05) is 24.3 Å². The minimum Gasteiger partial charge on any atom is -0.340 e. The number of fused-ring (bicyclic) bond motifs is 1. The minimum atomic E-state index is -3.34. The molecule has 0 atom stereocenters. The first-order valence-electron chi connectivity index (χ1n) is 8.53. The lowest BCUT2D eigenvalue weighted by molar-refractivity contribution is -0.117. The molecule has 0 aliphatic heterocycles. The molecule has 0 saturated heterocycles. The van der Waals surface area contributed by atoms with Crippen molar-refractivity contribution in [3.8, 4) is 0 Å². The Morgan fingerprint density at radius 1 is 1.07 bits per heavy atom. The molecular formula is C19H18N4O3S. The summed E-state index contributed by atoms with van der Waals surface area (Å²) < 4.78 is 23.7. The zero-order valence-corrected chi connectivity index (χ0v) is 15.5. The fourth-order valence-electron chi connectivity index (χ4n) is 2.77. The van der Waals surface area contributed by atoms with E-state index >= 15 is 0 Å². The van der Waals surface area contributed by atoms with E-state index in [4.69, 9.17) is 0 Å². The Morgan fingerprint density at radius 2 is 1.85 bits per heavy atom. The maximum atomic E-state index is 11.9. The summed E-state index contributed by atoms with van der Waals surface area (Å²) >= 11 is 0. The summed E-state index contributed by atoms with van der Waals surface area (Å²) in [5.74, 6) is 0.662. The molecule has 4 rings (SSSR count). The Balaban J connectivity index is 1.66. The normalized spacial score (nSPS) is 14.1. The molecule has 8 heteroatoms. The van der Waals surface area contributed by atoms with E-state index in [0.29, 0.717) is 22.4 Å². The van der Waals surface area contributed by atoms with Crippen LogP contribution in [0.15, 0.2) is 53.7 Å². The van der Waals surface area contributed by atoms with Crippen LogP contribution < -0.4 is 10.6 Å². The zero-order valence-electron chi connectivity index (χ0n) is 14.6. The molecule has 3 aromatic rings. The number of rotatable bonds is 5. The lowest BCUT2D eigenvalue weighted by atomic mass is 10.2. The van der Waals surface area contributed by atoms with E-state index in [9.17, 15) is 13.2 Å². The number of amides is 1. The first kappa shape index (κ1) is 17.4. The van der Waals surface area contributed by atoms with Crippen LogP contribution in [-0.4, -0.2) is 30.5 Å². The average Bonchev–Trinajstić information content (AvgIpc) is 3.46. The van der Waals surface area contributed by atoms with E-state index in [1.165, 1.54) is 12.4 Å². The van der Waals surface area contributed by atoms with Crippen LogP contribution in [0.1, 0.15) is 12.8 Å². The van der Waals surface area contributed by atoms with Crippen LogP contribution in [0.2, 0.25) is 0 Å². The van der Waals surface area contributed by atoms with Crippen molar-refractivity contribution in [3.63, 3.8) is 0 Å². The van der Waals surface area contributed by atoms with Gasteiger partial charge in [-0.15, -0.1) is 0 Å². The van der Waals surface area contributed by atoms with Crippen LogP contribution >= 0.6 is 0 Å². The molecule has 0 bridgehead atoms. The van der Waals surface area contributed by atoms with Crippen molar-refractivity contribution >= 4 is 43.8 Å². The first-order chi connectivity index (χ1) is 12.9. The van der Waals surface area contributed by atoms with E-state index in [2.05, 4.69) is 20.6 Å². The zero-order chi connectivity index (χ0) is 19.0. The van der Waals surface area contributed by atoms with Gasteiger partial charge < -0.3 is 10.6 Å². The topological polar surface area (TPSA) is 101 Å². The minimum absolute atomic E-state index is 0.0393. The standard InChI is InChI=1S/C19H18N4O3S/c1-27(25,26)15-7-8-17-16(10-15)18(21-11-20-17)22-13-3-2-4-14(9-13)23-19(24)12-5-6-12/h2-4,7-12H,5-6H2,1H3,(H,23,24)(H,20,21,22). The van der Waals surface area contributed by atoms with E-state index < -0.39 is 9.84 Å². The summed E-state index contributed by atoms with van der Waals surface area (Å²) in [5, 5.41) is 6.70. The van der Waals surface area contributed by atoms with Gasteiger partial charge in [-0.2, -0.15) is 0 Å². The highest BCUT2D eigenvalue weighted by atomic mass is 32.2. The van der Waals surface area contributed by atoms with Gasteiger partial charge in [-0.1, -0.05) is 6.07 Å². The monoisotopic (exact) mass is 382 g/mol. The number of sulfone groups is 1. The van der Waals surface area contributed by atoms with Gasteiger partial charge in [0.05, 0.1) is 10.4 Å². The summed E-state index contributed by atoms with van der Waals surface area (Å²) in [6, 6.07) is 12.1. The second kappa shape index (κ2) is 6.62. The molecule has 1 amide bonds. The maximum Gasteiger partial charge on any atom is 0.227 e. The number of carbonyl (C=O) groups excluding carboxylic acids is 1. The van der Waals surface area contributed by atoms with Gasteiger partial charge in [-0.05, 0) is 49.2 Å². The lowest BCUT2D eigenvalue weighted by Gasteiger charge is -2.11. The van der Waals surface area contributed by atoms with Crippen LogP contribution in [0.4, 0.5) is 17.2 Å². The maximum absolute atomic E-state index is 11.9. The summed E-state index contributed by atoms with van der Waals surface area (Å²) in [4.78, 5) is 20.6. The number of hydrogen-bond acceptors (Lipinski definition) is 6. The lowest BCUT2D eigenvalue weighted by Crippen LogP contribution is -2.13. The number of aromatic nitrogens is 2. The van der Waals surface area contributed by atoms with E-state index in [-0.39, 0.29) is 16.7 Å². The van der Waals surface area contributed by atoms with Crippen molar-refractivity contribution in [1.29, 1.82) is 0 Å². The Labute approximate surface area is 156 Å². The molecule has 1 aromatic heterocycles. The van der Waals surface area contributed by atoms with Crippen molar-refractivity contribution in [1.82, 2.24) is 9.97 Å². The summed E-state index contributed by atoms with van der Waals surface area (Å²) in [5.41, 5.74) is 2.07. The second-order valence-corrected chi connectivity index (χ2v) is 8.66. The van der Waals surface area contributed by atoms with Crippen LogP contribution in [0.3, 0.4) is 0 Å². The highest BCUT2D eigenvalue weighted by Gasteiger charge is 2.29. The fourth-order valence-corrected chi connectivity index (χ4v) is 3.41. The summed E-state index contributed by atoms with van der Waals surface area (Å²) in [6.45, 7) is 0. The molecule has 27 heavy (non-hydrogen) atoms. The van der Waals surface area contributed by atoms with Crippen molar-refractivity contribution in [2.75, 3.05) is 16.9 Å². The molecule has 2 N–H and O–H groups in total. The Kier molecular flexibility index (Phi) is 4.27. The van der Waals surface area contributed by atoms with Crippen molar-refractivity contribution < 1.29 is 13.2 Å². The average molecular weight is 382 g/mol. The predicted octanol–water partition coefficient (Wildman–Crippen LogP) is 3.13.